The Morgan fingerprint density at radius 2 is 1.25 bits per heavy atom. The molecule has 2 nitrogen and oxygen atoms in total. The maximum atomic E-state index is 5.61. The minimum absolute atomic E-state index is 0.339. The van der Waals surface area contributed by atoms with Crippen molar-refractivity contribution in [2.75, 3.05) is 11.5 Å². The molecular weight excluding hydrogens is 188 g/mol. The highest BCUT2D eigenvalue weighted by Gasteiger charge is 1.96. The summed E-state index contributed by atoms with van der Waals surface area (Å²) in [7, 11) is 3.81. The second-order valence-corrected chi connectivity index (χ2v) is 5.88. The van der Waals surface area contributed by atoms with Gasteiger partial charge in [0.05, 0.1) is 0 Å². The molecule has 0 saturated carbocycles. The average Bonchev–Trinajstić information content (AvgIpc) is 1.95. The van der Waals surface area contributed by atoms with Gasteiger partial charge >= 0.3 is 0 Å². The monoisotopic (exact) mass is 208 g/mol. The predicted octanol–water partition coefficient (Wildman–Crippen LogP) is 1.84. The van der Waals surface area contributed by atoms with Gasteiger partial charge < -0.3 is 11.5 Å². The summed E-state index contributed by atoms with van der Waals surface area (Å²) in [5, 5.41) is 0. The Balaban J connectivity index is 2.91. The summed E-state index contributed by atoms with van der Waals surface area (Å²) in [5.41, 5.74) is 11.2. The molecule has 4 N–H and O–H groups in total. The van der Waals surface area contributed by atoms with E-state index in [2.05, 4.69) is 0 Å². The first-order valence-corrected chi connectivity index (χ1v) is 6.87. The molecule has 12 heavy (non-hydrogen) atoms. The van der Waals surface area contributed by atoms with Crippen LogP contribution in [0, 0.1) is 0 Å². The average molecular weight is 208 g/mol. The van der Waals surface area contributed by atoms with E-state index in [1.807, 2.05) is 35.4 Å². The van der Waals surface area contributed by atoms with Crippen molar-refractivity contribution in [1.82, 2.24) is 0 Å². The molecule has 0 aliphatic rings. The first-order chi connectivity index (χ1) is 5.63. The van der Waals surface area contributed by atoms with Crippen LogP contribution in [0.25, 0.3) is 0 Å². The van der Waals surface area contributed by atoms with Gasteiger partial charge in [-0.15, -0.1) is 0 Å². The van der Waals surface area contributed by atoms with Gasteiger partial charge in [0.1, 0.15) is 0 Å². The van der Waals surface area contributed by atoms with Crippen LogP contribution in [0.15, 0.2) is 0 Å². The summed E-state index contributed by atoms with van der Waals surface area (Å²) in [6.07, 6.45) is 2.21. The van der Waals surface area contributed by atoms with Crippen LogP contribution in [0.3, 0.4) is 0 Å². The van der Waals surface area contributed by atoms with Crippen LogP contribution in [-0.2, 0) is 0 Å². The second kappa shape index (κ2) is 8.23. The van der Waals surface area contributed by atoms with E-state index < -0.39 is 0 Å². The molecule has 0 aromatic heterocycles. The molecule has 0 bridgehead atoms. The zero-order chi connectivity index (χ0) is 9.40. The first-order valence-electron chi connectivity index (χ1n) is 4.38. The molecule has 0 saturated heterocycles. The molecule has 0 rings (SSSR count). The zero-order valence-corrected chi connectivity index (χ0v) is 9.59. The lowest BCUT2D eigenvalue weighted by Gasteiger charge is -2.05. The van der Waals surface area contributed by atoms with Crippen molar-refractivity contribution in [1.29, 1.82) is 0 Å². The normalized spacial score (nSPS) is 16.0. The topological polar surface area (TPSA) is 52.0 Å². The van der Waals surface area contributed by atoms with Gasteiger partial charge in [0, 0.05) is 23.6 Å². The summed E-state index contributed by atoms with van der Waals surface area (Å²) in [4.78, 5) is 0. The smallest absolute Gasteiger partial charge is 0.00515 e. The van der Waals surface area contributed by atoms with Crippen LogP contribution in [0.5, 0.6) is 0 Å². The van der Waals surface area contributed by atoms with Gasteiger partial charge in [-0.25, -0.2) is 0 Å². The van der Waals surface area contributed by atoms with Crippen molar-refractivity contribution in [3.8, 4) is 0 Å². The molecule has 2 unspecified atom stereocenters. The Kier molecular flexibility index (Phi) is 8.65. The Labute approximate surface area is 83.6 Å². The molecule has 0 aromatic carbocycles. The Bertz CT molecular complexity index is 85.1. The van der Waals surface area contributed by atoms with Crippen LogP contribution in [-0.4, -0.2) is 23.6 Å². The molecular formula is C8H20N2S2. The molecule has 4 heteroatoms. The van der Waals surface area contributed by atoms with Crippen LogP contribution in [0.2, 0.25) is 0 Å². The number of nitrogens with two attached hydrogens (primary N) is 2. The third-order valence-corrected chi connectivity index (χ3v) is 3.87. The van der Waals surface area contributed by atoms with E-state index in [9.17, 15) is 0 Å². The van der Waals surface area contributed by atoms with Gasteiger partial charge in [-0.05, 0) is 26.7 Å². The molecule has 0 aliphatic heterocycles. The van der Waals surface area contributed by atoms with Gasteiger partial charge in [0.25, 0.3) is 0 Å². The van der Waals surface area contributed by atoms with E-state index in [1.54, 1.807) is 0 Å². The number of hydrogen-bond donors (Lipinski definition) is 2. The Hall–Kier alpha value is 0.620. The van der Waals surface area contributed by atoms with E-state index in [0.717, 1.165) is 24.3 Å². The summed E-state index contributed by atoms with van der Waals surface area (Å²) >= 11 is 0. The molecule has 0 spiro atoms. The van der Waals surface area contributed by atoms with Gasteiger partial charge in [-0.3, -0.25) is 0 Å². The highest BCUT2D eigenvalue weighted by Crippen LogP contribution is 2.23. The van der Waals surface area contributed by atoms with E-state index in [-0.39, 0.29) is 0 Å². The van der Waals surface area contributed by atoms with E-state index in [0.29, 0.717) is 12.1 Å². The van der Waals surface area contributed by atoms with Crippen molar-refractivity contribution in [3.63, 3.8) is 0 Å². The van der Waals surface area contributed by atoms with Crippen LogP contribution >= 0.6 is 21.6 Å². The summed E-state index contributed by atoms with van der Waals surface area (Å²) in [6, 6.07) is 0.679. The van der Waals surface area contributed by atoms with Crippen LogP contribution in [0.4, 0.5) is 0 Å². The number of hydrogen-bond acceptors (Lipinski definition) is 4. The summed E-state index contributed by atoms with van der Waals surface area (Å²) < 4.78 is 0. The zero-order valence-electron chi connectivity index (χ0n) is 7.95. The Morgan fingerprint density at radius 3 is 1.50 bits per heavy atom. The van der Waals surface area contributed by atoms with E-state index in [1.165, 1.54) is 0 Å². The SMILES string of the molecule is CC(N)CCSSCCC(C)N. The largest absolute Gasteiger partial charge is 0.328 e. The third-order valence-electron chi connectivity index (χ3n) is 1.40. The molecule has 0 aromatic rings. The quantitative estimate of drug-likeness (QED) is 0.495. The summed E-state index contributed by atoms with van der Waals surface area (Å²) in [5.74, 6) is 2.31. The highest BCUT2D eigenvalue weighted by atomic mass is 33.1. The summed E-state index contributed by atoms with van der Waals surface area (Å²) in [6.45, 7) is 4.10. The standard InChI is InChI=1S/C8H20N2S2/c1-7(9)3-5-11-12-6-4-8(2)10/h7-8H,3-6,9-10H2,1-2H3. The lowest BCUT2D eigenvalue weighted by molar-refractivity contribution is 0.721. The highest BCUT2D eigenvalue weighted by molar-refractivity contribution is 8.76. The van der Waals surface area contributed by atoms with Crippen molar-refractivity contribution in [2.45, 2.75) is 38.8 Å². The third kappa shape index (κ3) is 10.6. The van der Waals surface area contributed by atoms with Gasteiger partial charge in [0.15, 0.2) is 0 Å². The minimum Gasteiger partial charge on any atom is -0.328 e. The second-order valence-electron chi connectivity index (χ2n) is 3.18. The van der Waals surface area contributed by atoms with E-state index >= 15 is 0 Å². The lowest BCUT2D eigenvalue weighted by atomic mass is 10.3. The van der Waals surface area contributed by atoms with Crippen LogP contribution in [0.1, 0.15) is 26.7 Å². The number of rotatable bonds is 7. The van der Waals surface area contributed by atoms with E-state index in [4.69, 9.17) is 11.5 Å². The molecule has 0 radical (unpaired) electrons. The molecule has 0 amide bonds. The van der Waals surface area contributed by atoms with Gasteiger partial charge in [-0.1, -0.05) is 21.6 Å². The van der Waals surface area contributed by atoms with Crippen molar-refractivity contribution in [2.24, 2.45) is 11.5 Å². The molecule has 0 aliphatic carbocycles. The maximum Gasteiger partial charge on any atom is 0.00515 e. The fourth-order valence-corrected chi connectivity index (χ4v) is 3.04. The van der Waals surface area contributed by atoms with Crippen molar-refractivity contribution in [3.05, 3.63) is 0 Å². The maximum absolute atomic E-state index is 5.61. The minimum atomic E-state index is 0.339. The Morgan fingerprint density at radius 1 is 0.917 bits per heavy atom. The fraction of sp³-hybridized carbons (Fsp3) is 1.00. The van der Waals surface area contributed by atoms with Crippen LogP contribution < -0.4 is 11.5 Å². The van der Waals surface area contributed by atoms with Gasteiger partial charge in [-0.2, -0.15) is 0 Å². The van der Waals surface area contributed by atoms with Gasteiger partial charge in [0.2, 0.25) is 0 Å². The lowest BCUT2D eigenvalue weighted by Crippen LogP contribution is -2.15. The first kappa shape index (κ1) is 12.6. The predicted molar refractivity (Wildman–Crippen MR) is 61.4 cm³/mol. The molecule has 2 atom stereocenters. The molecule has 74 valence electrons. The molecule has 0 heterocycles. The molecule has 0 fully saturated rings. The fourth-order valence-electron chi connectivity index (χ4n) is 0.586. The van der Waals surface area contributed by atoms with Crippen molar-refractivity contribution < 1.29 is 0 Å². The van der Waals surface area contributed by atoms with Crippen molar-refractivity contribution >= 4 is 21.6 Å².